The van der Waals surface area contributed by atoms with Crippen LogP contribution >= 0.6 is 0 Å². The fourth-order valence-corrected chi connectivity index (χ4v) is 3.47. The topological polar surface area (TPSA) is 74.8 Å². The number of imidazole rings is 1. The van der Waals surface area contributed by atoms with Crippen LogP contribution in [0.3, 0.4) is 0 Å². The molecule has 0 spiro atoms. The third-order valence-corrected chi connectivity index (χ3v) is 4.95. The third-order valence-electron chi connectivity index (χ3n) is 3.49. The van der Waals surface area contributed by atoms with E-state index in [2.05, 4.69) is 14.7 Å². The number of rotatable bonds is 5. The Labute approximate surface area is 129 Å². The molecule has 0 saturated carbocycles. The number of hydrogen-bond donors (Lipinski definition) is 2. The van der Waals surface area contributed by atoms with Crippen LogP contribution in [-0.2, 0) is 16.4 Å². The minimum absolute atomic E-state index is 0.302. The molecule has 2 aromatic carbocycles. The molecule has 1 heterocycles. The van der Waals surface area contributed by atoms with E-state index in [4.69, 9.17) is 0 Å². The van der Waals surface area contributed by atoms with E-state index in [9.17, 15) is 8.42 Å². The summed E-state index contributed by atoms with van der Waals surface area (Å²) in [6.07, 6.45) is 2.27. The number of benzene rings is 2. The molecule has 0 aliphatic heterocycles. The quantitative estimate of drug-likeness (QED) is 0.759. The van der Waals surface area contributed by atoms with Crippen LogP contribution in [0.1, 0.15) is 11.1 Å². The van der Waals surface area contributed by atoms with Gasteiger partial charge in [-0.2, -0.15) is 0 Å². The summed E-state index contributed by atoms with van der Waals surface area (Å²) in [5.41, 5.74) is 3.85. The van der Waals surface area contributed by atoms with Crippen molar-refractivity contribution in [2.45, 2.75) is 18.2 Å². The van der Waals surface area contributed by atoms with Crippen molar-refractivity contribution >= 4 is 21.1 Å². The molecule has 0 atom stereocenters. The fraction of sp³-hybridized carbons (Fsp3) is 0.188. The summed E-state index contributed by atoms with van der Waals surface area (Å²) >= 11 is 0. The molecule has 3 rings (SSSR count). The molecule has 6 heteroatoms. The second kappa shape index (κ2) is 5.90. The van der Waals surface area contributed by atoms with E-state index < -0.39 is 10.0 Å². The molecule has 0 aliphatic rings. The normalized spacial score (nSPS) is 11.9. The highest BCUT2D eigenvalue weighted by atomic mass is 32.2. The first-order chi connectivity index (χ1) is 10.5. The van der Waals surface area contributed by atoms with E-state index in [1.807, 2.05) is 31.2 Å². The first kappa shape index (κ1) is 14.7. The second-order valence-corrected chi connectivity index (χ2v) is 6.99. The molecule has 0 radical (unpaired) electrons. The number of H-pyrrole nitrogens is 1. The predicted molar refractivity (Wildman–Crippen MR) is 86.2 cm³/mol. The van der Waals surface area contributed by atoms with Gasteiger partial charge < -0.3 is 4.98 Å². The number of aromatic nitrogens is 2. The average molecular weight is 315 g/mol. The maximum absolute atomic E-state index is 12.2. The third kappa shape index (κ3) is 3.18. The molecular formula is C16H17N3O2S. The van der Waals surface area contributed by atoms with Crippen molar-refractivity contribution in [3.63, 3.8) is 0 Å². The molecule has 3 aromatic rings. The number of nitrogens with one attached hydrogen (secondary N) is 2. The molecule has 0 bridgehead atoms. The number of aryl methyl sites for hydroxylation is 1. The van der Waals surface area contributed by atoms with Gasteiger partial charge in [0.15, 0.2) is 0 Å². The minimum Gasteiger partial charge on any atom is -0.345 e. The van der Waals surface area contributed by atoms with E-state index in [1.165, 1.54) is 0 Å². The molecule has 1 aromatic heterocycles. The lowest BCUT2D eigenvalue weighted by Crippen LogP contribution is -2.26. The highest BCUT2D eigenvalue weighted by molar-refractivity contribution is 7.89. The SMILES string of the molecule is Cc1cccc(S(=O)(=O)NCCc2ccc3nc[nH]c3c2)c1. The number of hydrogen-bond acceptors (Lipinski definition) is 3. The van der Waals surface area contributed by atoms with E-state index in [1.54, 1.807) is 24.5 Å². The van der Waals surface area contributed by atoms with E-state index >= 15 is 0 Å². The zero-order valence-electron chi connectivity index (χ0n) is 12.2. The summed E-state index contributed by atoms with van der Waals surface area (Å²) in [6.45, 7) is 2.23. The predicted octanol–water partition coefficient (Wildman–Crippen LogP) is 2.39. The van der Waals surface area contributed by atoms with Gasteiger partial charge in [-0.1, -0.05) is 18.2 Å². The second-order valence-electron chi connectivity index (χ2n) is 5.22. The summed E-state index contributed by atoms with van der Waals surface area (Å²) in [5, 5.41) is 0. The Balaban J connectivity index is 1.67. The maximum atomic E-state index is 12.2. The Morgan fingerprint density at radius 2 is 2.05 bits per heavy atom. The molecule has 2 N–H and O–H groups in total. The molecule has 114 valence electrons. The monoisotopic (exact) mass is 315 g/mol. The summed E-state index contributed by atoms with van der Waals surface area (Å²) in [7, 11) is -3.45. The lowest BCUT2D eigenvalue weighted by molar-refractivity contribution is 0.581. The fourth-order valence-electron chi connectivity index (χ4n) is 2.33. The van der Waals surface area contributed by atoms with Gasteiger partial charge in [-0.15, -0.1) is 0 Å². The standard InChI is InChI=1S/C16H17N3O2S/c1-12-3-2-4-14(9-12)22(20,21)19-8-7-13-5-6-15-16(10-13)18-11-17-15/h2-6,9-11,19H,7-8H2,1H3,(H,17,18). The maximum Gasteiger partial charge on any atom is 0.240 e. The van der Waals surface area contributed by atoms with Gasteiger partial charge in [0.2, 0.25) is 10.0 Å². The van der Waals surface area contributed by atoms with E-state index in [0.717, 1.165) is 22.2 Å². The van der Waals surface area contributed by atoms with Gasteiger partial charge >= 0.3 is 0 Å². The van der Waals surface area contributed by atoms with Gasteiger partial charge in [0.25, 0.3) is 0 Å². The Morgan fingerprint density at radius 3 is 2.86 bits per heavy atom. The van der Waals surface area contributed by atoms with Crippen LogP contribution < -0.4 is 4.72 Å². The average Bonchev–Trinajstić information content (AvgIpc) is 2.94. The molecule has 22 heavy (non-hydrogen) atoms. The Bertz CT molecular complexity index is 900. The van der Waals surface area contributed by atoms with Gasteiger partial charge in [0.1, 0.15) is 0 Å². The minimum atomic E-state index is -3.45. The van der Waals surface area contributed by atoms with Gasteiger partial charge in [-0.3, -0.25) is 0 Å². The highest BCUT2D eigenvalue weighted by Gasteiger charge is 2.13. The Kier molecular flexibility index (Phi) is 3.96. The van der Waals surface area contributed by atoms with Crippen LogP contribution in [0.5, 0.6) is 0 Å². The van der Waals surface area contributed by atoms with Crippen LogP contribution in [0.4, 0.5) is 0 Å². The molecule has 0 amide bonds. The van der Waals surface area contributed by atoms with E-state index in [0.29, 0.717) is 17.9 Å². The van der Waals surface area contributed by atoms with Crippen LogP contribution in [0.15, 0.2) is 53.7 Å². The molecular weight excluding hydrogens is 298 g/mol. The number of aromatic amines is 1. The van der Waals surface area contributed by atoms with Crippen molar-refractivity contribution in [3.05, 3.63) is 59.9 Å². The Morgan fingerprint density at radius 1 is 1.18 bits per heavy atom. The van der Waals surface area contributed by atoms with Gasteiger partial charge in [0, 0.05) is 6.54 Å². The molecule has 5 nitrogen and oxygen atoms in total. The van der Waals surface area contributed by atoms with E-state index in [-0.39, 0.29) is 0 Å². The molecule has 0 fully saturated rings. The number of nitrogens with zero attached hydrogens (tertiary/aromatic N) is 1. The first-order valence-electron chi connectivity index (χ1n) is 7.03. The zero-order chi connectivity index (χ0) is 15.6. The lowest BCUT2D eigenvalue weighted by atomic mass is 10.1. The molecule has 0 saturated heterocycles. The van der Waals surface area contributed by atoms with Crippen LogP contribution in [0.25, 0.3) is 11.0 Å². The first-order valence-corrected chi connectivity index (χ1v) is 8.51. The summed E-state index contributed by atoms with van der Waals surface area (Å²) in [5.74, 6) is 0. The van der Waals surface area contributed by atoms with Crippen molar-refractivity contribution < 1.29 is 8.42 Å². The largest absolute Gasteiger partial charge is 0.345 e. The number of sulfonamides is 1. The van der Waals surface area contributed by atoms with Crippen LogP contribution in [-0.4, -0.2) is 24.9 Å². The highest BCUT2D eigenvalue weighted by Crippen LogP contribution is 2.13. The van der Waals surface area contributed by atoms with Crippen molar-refractivity contribution in [2.75, 3.05) is 6.54 Å². The lowest BCUT2D eigenvalue weighted by Gasteiger charge is -2.07. The molecule has 0 aliphatic carbocycles. The smallest absolute Gasteiger partial charge is 0.240 e. The van der Waals surface area contributed by atoms with Crippen molar-refractivity contribution in [1.29, 1.82) is 0 Å². The van der Waals surface area contributed by atoms with Gasteiger partial charge in [-0.25, -0.2) is 18.1 Å². The molecule has 0 unspecified atom stereocenters. The van der Waals surface area contributed by atoms with Crippen LogP contribution in [0.2, 0.25) is 0 Å². The van der Waals surface area contributed by atoms with Gasteiger partial charge in [0.05, 0.1) is 22.3 Å². The van der Waals surface area contributed by atoms with Crippen molar-refractivity contribution in [1.82, 2.24) is 14.7 Å². The van der Waals surface area contributed by atoms with Crippen LogP contribution in [0, 0.1) is 6.92 Å². The zero-order valence-corrected chi connectivity index (χ0v) is 13.0. The summed E-state index contributed by atoms with van der Waals surface area (Å²) in [4.78, 5) is 7.51. The van der Waals surface area contributed by atoms with Crippen molar-refractivity contribution in [3.8, 4) is 0 Å². The number of fused-ring (bicyclic) bond motifs is 1. The van der Waals surface area contributed by atoms with Gasteiger partial charge in [-0.05, 0) is 48.7 Å². The Hall–Kier alpha value is -2.18. The summed E-state index contributed by atoms with van der Waals surface area (Å²) < 4.78 is 27.1. The van der Waals surface area contributed by atoms with Crippen molar-refractivity contribution in [2.24, 2.45) is 0 Å². The summed E-state index contributed by atoms with van der Waals surface area (Å²) in [6, 6.07) is 12.8.